The topological polar surface area (TPSA) is 35.5 Å². The van der Waals surface area contributed by atoms with Crippen molar-refractivity contribution >= 4 is 0 Å². The number of hydrogen-bond donors (Lipinski definition) is 2. The fourth-order valence-electron chi connectivity index (χ4n) is 2.37. The lowest BCUT2D eigenvalue weighted by molar-refractivity contribution is 0.0170. The van der Waals surface area contributed by atoms with Crippen molar-refractivity contribution in [2.45, 2.75) is 19.4 Å². The molecule has 1 aromatic rings. The summed E-state index contributed by atoms with van der Waals surface area (Å²) in [6.45, 7) is 4.27. The molecule has 5 heteroatoms. The van der Waals surface area contributed by atoms with E-state index in [1.54, 1.807) is 30.0 Å². The van der Waals surface area contributed by atoms with Crippen molar-refractivity contribution in [2.75, 3.05) is 26.2 Å². The maximum Gasteiger partial charge on any atom is 0.258 e. The molecule has 2 rings (SSSR count). The third-order valence-electron chi connectivity index (χ3n) is 3.37. The highest BCUT2D eigenvalue weighted by Gasteiger charge is 2.32. The summed E-state index contributed by atoms with van der Waals surface area (Å²) in [5.41, 5.74) is 0.959. The van der Waals surface area contributed by atoms with Gasteiger partial charge in [-0.25, -0.2) is 8.78 Å². The summed E-state index contributed by atoms with van der Waals surface area (Å²) in [7, 11) is 0. The first-order valence-corrected chi connectivity index (χ1v) is 6.12. The van der Waals surface area contributed by atoms with Gasteiger partial charge in [0.2, 0.25) is 0 Å². The second-order valence-electron chi connectivity index (χ2n) is 4.58. The van der Waals surface area contributed by atoms with Gasteiger partial charge in [-0.3, -0.25) is 4.90 Å². The number of nitrogens with one attached hydrogen (secondary N) is 1. The first-order valence-electron chi connectivity index (χ1n) is 6.12. The summed E-state index contributed by atoms with van der Waals surface area (Å²) in [6.07, 6.45) is -2.50. The Hall–Kier alpha value is -1.20. The zero-order chi connectivity index (χ0) is 13.1. The molecule has 0 saturated carbocycles. The van der Waals surface area contributed by atoms with Crippen LogP contribution in [-0.4, -0.2) is 42.6 Å². The Kier molecular flexibility index (Phi) is 4.14. The number of piperazine rings is 1. The highest BCUT2D eigenvalue weighted by molar-refractivity contribution is 5.41. The Bertz CT molecular complexity index is 406. The van der Waals surface area contributed by atoms with Gasteiger partial charge in [0.05, 0.1) is 6.04 Å². The average Bonchev–Trinajstić information content (AvgIpc) is 2.36. The molecule has 18 heavy (non-hydrogen) atoms. The van der Waals surface area contributed by atoms with Crippen LogP contribution in [0, 0.1) is 6.92 Å². The molecule has 0 aromatic heterocycles. The summed E-state index contributed by atoms with van der Waals surface area (Å²) in [5.74, 6) is -0.0127. The van der Waals surface area contributed by atoms with E-state index in [2.05, 4.69) is 5.32 Å². The maximum atomic E-state index is 13.3. The van der Waals surface area contributed by atoms with Crippen LogP contribution in [0.5, 0.6) is 5.75 Å². The van der Waals surface area contributed by atoms with Crippen LogP contribution in [-0.2, 0) is 0 Å². The first kappa shape index (κ1) is 13.2. The van der Waals surface area contributed by atoms with Gasteiger partial charge < -0.3 is 10.4 Å². The molecule has 3 nitrogen and oxygen atoms in total. The summed E-state index contributed by atoms with van der Waals surface area (Å²) in [6, 6.07) is 3.99. The fraction of sp³-hybridized carbons (Fsp3) is 0.538. The lowest BCUT2D eigenvalue weighted by Gasteiger charge is -2.35. The van der Waals surface area contributed by atoms with E-state index < -0.39 is 12.5 Å². The van der Waals surface area contributed by atoms with Gasteiger partial charge in [0.15, 0.2) is 0 Å². The van der Waals surface area contributed by atoms with E-state index in [1.165, 1.54) is 0 Å². The molecule has 1 heterocycles. The molecular weight excluding hydrogens is 238 g/mol. The van der Waals surface area contributed by atoms with Gasteiger partial charge in [-0.05, 0) is 12.5 Å². The van der Waals surface area contributed by atoms with E-state index >= 15 is 0 Å². The molecule has 1 atom stereocenters. The smallest absolute Gasteiger partial charge is 0.258 e. The third kappa shape index (κ3) is 2.62. The monoisotopic (exact) mass is 256 g/mol. The molecule has 0 aliphatic carbocycles. The van der Waals surface area contributed by atoms with Gasteiger partial charge in [-0.1, -0.05) is 18.2 Å². The Morgan fingerprint density at radius 3 is 2.56 bits per heavy atom. The van der Waals surface area contributed by atoms with E-state index in [9.17, 15) is 13.9 Å². The number of phenols is 1. The zero-order valence-electron chi connectivity index (χ0n) is 10.4. The molecule has 0 radical (unpaired) electrons. The van der Waals surface area contributed by atoms with Crippen molar-refractivity contribution in [3.63, 3.8) is 0 Å². The number of aryl methyl sites for hydroxylation is 1. The predicted octanol–water partition coefficient (Wildman–Crippen LogP) is 1.91. The quantitative estimate of drug-likeness (QED) is 0.867. The van der Waals surface area contributed by atoms with Gasteiger partial charge in [0.1, 0.15) is 5.75 Å². The second kappa shape index (κ2) is 5.63. The number of benzene rings is 1. The van der Waals surface area contributed by atoms with E-state index in [-0.39, 0.29) is 5.75 Å². The van der Waals surface area contributed by atoms with E-state index in [4.69, 9.17) is 0 Å². The minimum absolute atomic E-state index is 0.0127. The molecule has 1 aromatic carbocycles. The highest BCUT2D eigenvalue weighted by Crippen LogP contribution is 2.35. The molecule has 1 aliphatic heterocycles. The molecule has 1 fully saturated rings. The van der Waals surface area contributed by atoms with E-state index in [1.807, 2.05) is 0 Å². The highest BCUT2D eigenvalue weighted by atomic mass is 19.3. The van der Waals surface area contributed by atoms with Crippen molar-refractivity contribution in [1.82, 2.24) is 10.2 Å². The van der Waals surface area contributed by atoms with Gasteiger partial charge in [-0.15, -0.1) is 0 Å². The Morgan fingerprint density at radius 2 is 1.94 bits per heavy atom. The maximum absolute atomic E-state index is 13.3. The van der Waals surface area contributed by atoms with Crippen LogP contribution in [0.2, 0.25) is 0 Å². The van der Waals surface area contributed by atoms with Gasteiger partial charge in [-0.2, -0.15) is 0 Å². The molecule has 100 valence electrons. The zero-order valence-corrected chi connectivity index (χ0v) is 10.4. The molecule has 0 bridgehead atoms. The Morgan fingerprint density at radius 1 is 1.28 bits per heavy atom. The van der Waals surface area contributed by atoms with Crippen molar-refractivity contribution in [2.24, 2.45) is 0 Å². The third-order valence-corrected chi connectivity index (χ3v) is 3.37. The van der Waals surface area contributed by atoms with Gasteiger partial charge in [0, 0.05) is 31.7 Å². The fourth-order valence-corrected chi connectivity index (χ4v) is 2.37. The summed E-state index contributed by atoms with van der Waals surface area (Å²) < 4.78 is 26.6. The number of hydrogen-bond acceptors (Lipinski definition) is 3. The van der Waals surface area contributed by atoms with Gasteiger partial charge in [0.25, 0.3) is 6.43 Å². The summed E-state index contributed by atoms with van der Waals surface area (Å²) in [5, 5.41) is 13.1. The van der Waals surface area contributed by atoms with Crippen LogP contribution < -0.4 is 5.32 Å². The molecule has 1 aliphatic rings. The lowest BCUT2D eigenvalue weighted by atomic mass is 10.0. The molecule has 0 unspecified atom stereocenters. The minimum atomic E-state index is -2.50. The van der Waals surface area contributed by atoms with Crippen molar-refractivity contribution in [3.05, 3.63) is 29.3 Å². The molecule has 2 N–H and O–H groups in total. The van der Waals surface area contributed by atoms with Crippen LogP contribution in [0.3, 0.4) is 0 Å². The van der Waals surface area contributed by atoms with Crippen LogP contribution in [0.15, 0.2) is 18.2 Å². The second-order valence-corrected chi connectivity index (χ2v) is 4.58. The number of nitrogens with zero attached hydrogens (tertiary/aromatic N) is 1. The standard InChI is InChI=1S/C13H18F2N2O/c1-9-3-2-4-10(12(9)18)11(13(14)15)17-7-5-16-6-8-17/h2-4,11,13,16,18H,5-8H2,1H3/t11-/m1/s1. The number of rotatable bonds is 3. The Labute approximate surface area is 105 Å². The SMILES string of the molecule is Cc1cccc([C@H](C(F)F)N2CCNCC2)c1O. The number of halogens is 2. The average molecular weight is 256 g/mol. The van der Waals surface area contributed by atoms with E-state index in [0.29, 0.717) is 37.3 Å². The number of para-hydroxylation sites is 1. The molecule has 0 spiro atoms. The normalized spacial score (nSPS) is 19.1. The van der Waals surface area contributed by atoms with E-state index in [0.717, 1.165) is 0 Å². The van der Waals surface area contributed by atoms with Crippen LogP contribution in [0.4, 0.5) is 8.78 Å². The van der Waals surface area contributed by atoms with Crippen molar-refractivity contribution in [3.8, 4) is 5.75 Å². The molecular formula is C13H18F2N2O. The number of aromatic hydroxyl groups is 1. The molecule has 0 amide bonds. The van der Waals surface area contributed by atoms with Gasteiger partial charge >= 0.3 is 0 Å². The van der Waals surface area contributed by atoms with Crippen molar-refractivity contribution < 1.29 is 13.9 Å². The minimum Gasteiger partial charge on any atom is -0.507 e. The first-order chi connectivity index (χ1) is 8.61. The number of alkyl halides is 2. The Balaban J connectivity index is 2.31. The van der Waals surface area contributed by atoms with Crippen LogP contribution >= 0.6 is 0 Å². The van der Waals surface area contributed by atoms with Crippen LogP contribution in [0.25, 0.3) is 0 Å². The number of phenolic OH excluding ortho intramolecular Hbond substituents is 1. The largest absolute Gasteiger partial charge is 0.507 e. The molecule has 1 saturated heterocycles. The predicted molar refractivity (Wildman–Crippen MR) is 66.0 cm³/mol. The van der Waals surface area contributed by atoms with Crippen molar-refractivity contribution in [1.29, 1.82) is 0 Å². The summed E-state index contributed by atoms with van der Waals surface area (Å²) >= 11 is 0. The summed E-state index contributed by atoms with van der Waals surface area (Å²) in [4.78, 5) is 1.73. The lowest BCUT2D eigenvalue weighted by Crippen LogP contribution is -2.46. The van der Waals surface area contributed by atoms with Crippen LogP contribution in [0.1, 0.15) is 17.2 Å².